The van der Waals surface area contributed by atoms with Gasteiger partial charge in [-0.2, -0.15) is 0 Å². The van der Waals surface area contributed by atoms with E-state index in [4.69, 9.17) is 23.2 Å². The largest absolute Gasteiger partial charge is 0.462 e. The smallest absolute Gasteiger partial charge is 0.336 e. The van der Waals surface area contributed by atoms with Crippen molar-refractivity contribution in [2.24, 2.45) is 23.7 Å². The number of aryl methyl sites for hydroxylation is 2. The van der Waals surface area contributed by atoms with Crippen LogP contribution >= 0.6 is 37.2 Å². The number of aliphatic hydroxyl groups is 2. The number of carbonyl (C=O) groups excluding carboxylic acids is 1. The second-order valence-corrected chi connectivity index (χ2v) is 16.8. The Balaban J connectivity index is 0.000000267. The summed E-state index contributed by atoms with van der Waals surface area (Å²) in [6.07, 6.45) is 10.1. The van der Waals surface area contributed by atoms with Crippen LogP contribution in [0.1, 0.15) is 78.2 Å². The summed E-state index contributed by atoms with van der Waals surface area (Å²) in [6.45, 7) is 0. The number of rotatable bonds is 16. The minimum absolute atomic E-state index is 0. The second-order valence-electron chi connectivity index (χ2n) is 14.2. The Morgan fingerprint density at radius 3 is 1.90 bits per heavy atom. The number of aliphatic hydroxyl groups excluding tert-OH is 2. The van der Waals surface area contributed by atoms with E-state index in [1.165, 1.54) is 11.1 Å². The Bertz CT molecular complexity index is 1280. The van der Waals surface area contributed by atoms with E-state index in [1.807, 2.05) is 12.1 Å². The van der Waals surface area contributed by atoms with Crippen LogP contribution in [0.25, 0.3) is 0 Å². The van der Waals surface area contributed by atoms with E-state index in [0.717, 1.165) is 57.8 Å². The van der Waals surface area contributed by atoms with E-state index in [0.29, 0.717) is 37.0 Å². The van der Waals surface area contributed by atoms with Gasteiger partial charge in [-0.05, 0) is 80.2 Å². The molecule has 0 amide bonds. The number of hydrogen-bond acceptors (Lipinski definition) is 8. The van der Waals surface area contributed by atoms with Crippen LogP contribution in [0.3, 0.4) is 0 Å². The van der Waals surface area contributed by atoms with E-state index >= 15 is 0 Å². The molecule has 5 unspecified atom stereocenters. The molecule has 2 aromatic rings. The summed E-state index contributed by atoms with van der Waals surface area (Å²) in [4.78, 5) is 11.7. The third-order valence-electron chi connectivity index (χ3n) is 11.0. The molecule has 4 aliphatic rings. The van der Waals surface area contributed by atoms with Gasteiger partial charge in [0.25, 0.3) is 0 Å². The third-order valence-corrected chi connectivity index (χ3v) is 12.1. The molecule has 13 heteroatoms. The summed E-state index contributed by atoms with van der Waals surface area (Å²) in [5.41, 5.74) is 2.66. The molecule has 2 saturated heterocycles. The maximum Gasteiger partial charge on any atom is 0.336 e. The van der Waals surface area contributed by atoms with Crippen LogP contribution in [0.15, 0.2) is 60.7 Å². The van der Waals surface area contributed by atoms with Gasteiger partial charge in [0.1, 0.15) is 6.10 Å². The van der Waals surface area contributed by atoms with Gasteiger partial charge in [-0.1, -0.05) is 60.7 Å². The fourth-order valence-corrected chi connectivity index (χ4v) is 9.45. The van der Waals surface area contributed by atoms with Crippen molar-refractivity contribution < 1.29 is 41.0 Å². The zero-order valence-corrected chi connectivity index (χ0v) is 33.0. The molecule has 2 heterocycles. The number of hydrogen-bond donors (Lipinski definition) is 2. The van der Waals surface area contributed by atoms with E-state index in [1.54, 1.807) is 0 Å². The molecule has 0 spiro atoms. The molecule has 15 atom stereocenters. The van der Waals surface area contributed by atoms with Gasteiger partial charge in [-0.25, -0.2) is 0 Å². The molecule has 6 rings (SSSR count). The minimum atomic E-state index is -0.646. The molecule has 49 heavy (non-hydrogen) atoms. The van der Waals surface area contributed by atoms with Gasteiger partial charge in [-0.15, -0.1) is 18.2 Å². The number of ether oxygens (including phenoxy) is 2. The zero-order valence-electron chi connectivity index (χ0n) is 28.3. The minimum Gasteiger partial charge on any atom is -0.462 e. The fourth-order valence-electron chi connectivity index (χ4n) is 8.51. The Hall–Kier alpha value is -0.545. The van der Waals surface area contributed by atoms with E-state index in [-0.39, 0.29) is 57.7 Å². The molecule has 0 aromatic heterocycles. The van der Waals surface area contributed by atoms with Crippen LogP contribution in [-0.4, -0.2) is 65.5 Å². The second kappa shape index (κ2) is 20.1. The van der Waals surface area contributed by atoms with Gasteiger partial charge in [-0.3, -0.25) is 4.79 Å². The predicted octanol–water partition coefficient (Wildman–Crippen LogP) is 6.82. The van der Waals surface area contributed by atoms with Crippen molar-refractivity contribution in [3.8, 4) is 0 Å². The fraction of sp³-hybridized carbons (Fsp3) is 0.639. The van der Waals surface area contributed by atoms with Crippen molar-refractivity contribution in [1.82, 2.24) is 0 Å². The molecule has 0 radical (unpaired) electrons. The average molecular weight is 759 g/mol. The number of fused-ring (bicyclic) bond motifs is 2. The van der Waals surface area contributed by atoms with Gasteiger partial charge in [0.2, 0.25) is 0 Å². The number of esters is 1. The Kier molecular flexibility index (Phi) is 16.2. The highest BCUT2D eigenvalue weighted by Crippen LogP contribution is 2.46. The molecular weight excluding hydrogens is 695 g/mol. The predicted molar refractivity (Wildman–Crippen MR) is 211 cm³/mol. The topological polar surface area (TPSA) is 104 Å². The van der Waals surface area contributed by atoms with Crippen molar-refractivity contribution in [1.29, 1.82) is 0 Å². The molecule has 2 aromatic carbocycles. The van der Waals surface area contributed by atoms with Crippen LogP contribution in [-0.2, 0) is 40.8 Å². The van der Waals surface area contributed by atoms with Crippen LogP contribution in [0.2, 0.25) is 0 Å². The van der Waals surface area contributed by atoms with Crippen LogP contribution in [0, 0.1) is 23.7 Å². The average Bonchev–Trinajstić information content (AvgIpc) is 3.81. The first kappa shape index (κ1) is 39.7. The first-order valence-corrected chi connectivity index (χ1v) is 20.2. The lowest BCUT2D eigenvalue weighted by molar-refractivity contribution is -0.141. The maximum absolute atomic E-state index is 11.7. The van der Waals surface area contributed by atoms with Gasteiger partial charge < -0.3 is 33.4 Å². The van der Waals surface area contributed by atoms with Crippen LogP contribution < -0.4 is 0 Å². The van der Waals surface area contributed by atoms with E-state index < -0.39 is 6.29 Å². The van der Waals surface area contributed by atoms with Crippen LogP contribution in [0.4, 0.5) is 0 Å². The summed E-state index contributed by atoms with van der Waals surface area (Å²) in [7, 11) is 10.1. The molecule has 0 bridgehead atoms. The van der Waals surface area contributed by atoms with E-state index in [9.17, 15) is 15.0 Å². The van der Waals surface area contributed by atoms with Crippen molar-refractivity contribution in [2.75, 3.05) is 0 Å². The Morgan fingerprint density at radius 2 is 1.35 bits per heavy atom. The lowest BCUT2D eigenvalue weighted by Gasteiger charge is -2.26. The molecule has 2 aliphatic heterocycles. The monoisotopic (exact) mass is 758 g/mol. The normalized spacial score (nSPS) is 31.4. The Morgan fingerprint density at radius 1 is 0.776 bits per heavy atom. The summed E-state index contributed by atoms with van der Waals surface area (Å²) in [5.74, 6) is 1.10. The molecule has 2 aliphatic carbocycles. The summed E-state index contributed by atoms with van der Waals surface area (Å²) in [5, 5.41) is 19.9. The molecular formula is C36H59BO8P4. The SMILES string of the molecule is O=C1C[C@@H]2[C@@H](CC[C@H](CCc3ccccc3)OP)[C@H](OB(P)P)C[C@@H]2O1.OC1C[C@@H]2[C@@H](CC[C@H](CCc3ccccc3)OP)[C@H](O)C[C@@H]2O1.[3HH].[3HH]. The van der Waals surface area contributed by atoms with Crippen molar-refractivity contribution in [2.45, 2.75) is 120 Å². The molecule has 2 saturated carbocycles. The number of benzene rings is 2. The van der Waals surface area contributed by atoms with Gasteiger partial charge in [0, 0.05) is 53.1 Å². The third kappa shape index (κ3) is 11.7. The Labute approximate surface area is 305 Å². The summed E-state index contributed by atoms with van der Waals surface area (Å²) < 4.78 is 28.3. The number of carbonyl (C=O) groups is 1. The van der Waals surface area contributed by atoms with Gasteiger partial charge in [0.05, 0.1) is 30.8 Å². The lowest BCUT2D eigenvalue weighted by atomic mass is 9.86. The quantitative estimate of drug-likeness (QED) is 0.109. The summed E-state index contributed by atoms with van der Waals surface area (Å²) in [6, 6.07) is 20.9. The van der Waals surface area contributed by atoms with Crippen molar-refractivity contribution in [3.63, 3.8) is 0 Å². The van der Waals surface area contributed by atoms with Gasteiger partial charge >= 0.3 is 12.3 Å². The highest BCUT2D eigenvalue weighted by atomic mass is 31.1. The van der Waals surface area contributed by atoms with Crippen LogP contribution in [0.5, 0.6) is 0 Å². The highest BCUT2D eigenvalue weighted by molar-refractivity contribution is 7.92. The molecule has 2 N–H and O–H groups in total. The summed E-state index contributed by atoms with van der Waals surface area (Å²) >= 11 is 0. The lowest BCUT2D eigenvalue weighted by Crippen LogP contribution is -2.27. The molecule has 4 fully saturated rings. The maximum atomic E-state index is 11.7. The first-order chi connectivity index (χ1) is 23.7. The standard InChI is InChI=1S/C18H28BO4P3.C18H27O4P.2H2/c20-18-10-15-14(17(22-19(24)25)11-16(15)21-18)9-8-13(23-26)7-6-12-4-2-1-3-5-12;19-16-11-17-15(10-18(20)21-17)14(16)9-8-13(22-23)7-6-12-4-2-1-3-5-12;;/h1-5,13-17H,6-11,24-26H2;1-5,13-20H,6-11,23H2;2*1H/t13-,14+,15+,16-,17+;13-,14+,15+,16+,17-,18?;;/m00../s1/i;;2*1+2. The highest BCUT2D eigenvalue weighted by Gasteiger charge is 2.51. The van der Waals surface area contributed by atoms with E-state index in [2.05, 4.69) is 85.7 Å². The van der Waals surface area contributed by atoms with Crippen molar-refractivity contribution in [3.05, 3.63) is 71.8 Å². The first-order valence-electron chi connectivity index (χ1n) is 17.9. The van der Waals surface area contributed by atoms with Crippen molar-refractivity contribution >= 4 is 49.5 Å². The molecule has 8 nitrogen and oxygen atoms in total. The van der Waals surface area contributed by atoms with Gasteiger partial charge in [0.15, 0.2) is 6.29 Å². The zero-order chi connectivity index (χ0) is 34.8. The molecule has 274 valence electrons.